The highest BCUT2D eigenvalue weighted by atomic mass is 79.9. The summed E-state index contributed by atoms with van der Waals surface area (Å²) in [5.74, 6) is 2.74. The Kier molecular flexibility index (Phi) is 3.89. The van der Waals surface area contributed by atoms with Crippen molar-refractivity contribution in [1.29, 1.82) is 0 Å². The van der Waals surface area contributed by atoms with Crippen LogP contribution in [0.1, 0.15) is 28.8 Å². The average molecular weight is 295 g/mol. The maximum atomic E-state index is 5.60. The van der Waals surface area contributed by atoms with E-state index in [1.165, 1.54) is 0 Å². The second-order valence-electron chi connectivity index (χ2n) is 3.81. The zero-order valence-corrected chi connectivity index (χ0v) is 11.5. The molecule has 0 aliphatic rings. The third-order valence-corrected chi connectivity index (χ3v) is 3.47. The van der Waals surface area contributed by atoms with Gasteiger partial charge in [0.25, 0.3) is 0 Å². The van der Waals surface area contributed by atoms with Gasteiger partial charge in [-0.25, -0.2) is 0 Å². The van der Waals surface area contributed by atoms with Crippen LogP contribution in [0.2, 0.25) is 0 Å². The van der Waals surface area contributed by atoms with E-state index in [4.69, 9.17) is 9.15 Å². The Balaban J connectivity index is 2.16. The molecule has 0 radical (unpaired) electrons. The number of ether oxygens (including phenoxy) is 1. The number of halogens is 1. The van der Waals surface area contributed by atoms with E-state index in [-0.39, 0.29) is 4.83 Å². The second kappa shape index (κ2) is 5.41. The van der Waals surface area contributed by atoms with Crippen molar-refractivity contribution in [2.24, 2.45) is 0 Å². The molecule has 0 aliphatic carbocycles. The maximum Gasteiger partial charge on any atom is 0.122 e. The summed E-state index contributed by atoms with van der Waals surface area (Å²) in [6, 6.07) is 12.0. The molecule has 0 amide bonds. The smallest absolute Gasteiger partial charge is 0.122 e. The fourth-order valence-electron chi connectivity index (χ4n) is 1.65. The number of hydrogen-bond donors (Lipinski definition) is 0. The number of furan rings is 1. The minimum absolute atomic E-state index is 0.0897. The van der Waals surface area contributed by atoms with Crippen molar-refractivity contribution in [3.05, 3.63) is 53.5 Å². The van der Waals surface area contributed by atoms with Crippen LogP contribution in [0.5, 0.6) is 5.75 Å². The van der Waals surface area contributed by atoms with Crippen molar-refractivity contribution in [2.45, 2.75) is 18.7 Å². The summed E-state index contributed by atoms with van der Waals surface area (Å²) in [4.78, 5) is 0.0897. The SMILES string of the molecule is CCOc1ccc(C(Br)c2ccc(C)o2)cc1. The molecular formula is C14H15BrO2. The molecule has 2 rings (SSSR count). The van der Waals surface area contributed by atoms with E-state index in [0.717, 1.165) is 22.8 Å². The van der Waals surface area contributed by atoms with Crippen molar-refractivity contribution in [3.63, 3.8) is 0 Å². The van der Waals surface area contributed by atoms with E-state index in [2.05, 4.69) is 15.9 Å². The van der Waals surface area contributed by atoms with Crippen molar-refractivity contribution in [1.82, 2.24) is 0 Å². The summed E-state index contributed by atoms with van der Waals surface area (Å²) in [6.07, 6.45) is 0. The Hall–Kier alpha value is -1.22. The normalized spacial score (nSPS) is 12.4. The fourth-order valence-corrected chi connectivity index (χ4v) is 2.20. The minimum atomic E-state index is 0.0897. The van der Waals surface area contributed by atoms with Crippen molar-refractivity contribution in [2.75, 3.05) is 6.61 Å². The lowest BCUT2D eigenvalue weighted by Gasteiger charge is -2.09. The van der Waals surface area contributed by atoms with Crippen molar-refractivity contribution < 1.29 is 9.15 Å². The first-order valence-electron chi connectivity index (χ1n) is 5.64. The van der Waals surface area contributed by atoms with Crippen LogP contribution in [0.15, 0.2) is 40.8 Å². The highest BCUT2D eigenvalue weighted by molar-refractivity contribution is 9.09. The van der Waals surface area contributed by atoms with E-state index < -0.39 is 0 Å². The standard InChI is InChI=1S/C14H15BrO2/c1-3-16-12-7-5-11(6-8-12)14(15)13-9-4-10(2)17-13/h4-9,14H,3H2,1-2H3. The Morgan fingerprint density at radius 3 is 2.41 bits per heavy atom. The van der Waals surface area contributed by atoms with Gasteiger partial charge in [0, 0.05) is 0 Å². The summed E-state index contributed by atoms with van der Waals surface area (Å²) in [7, 11) is 0. The van der Waals surface area contributed by atoms with Gasteiger partial charge < -0.3 is 9.15 Å². The van der Waals surface area contributed by atoms with Crippen LogP contribution in [0.25, 0.3) is 0 Å². The van der Waals surface area contributed by atoms with Gasteiger partial charge in [0.05, 0.1) is 11.4 Å². The molecule has 1 aromatic carbocycles. The molecule has 3 heteroatoms. The summed E-state index contributed by atoms with van der Waals surface area (Å²) >= 11 is 3.64. The highest BCUT2D eigenvalue weighted by Crippen LogP contribution is 2.32. The second-order valence-corrected chi connectivity index (χ2v) is 4.73. The molecule has 0 bridgehead atoms. The van der Waals surface area contributed by atoms with Gasteiger partial charge >= 0.3 is 0 Å². The van der Waals surface area contributed by atoms with Gasteiger partial charge in [-0.3, -0.25) is 0 Å². The molecule has 0 aliphatic heterocycles. The summed E-state index contributed by atoms with van der Waals surface area (Å²) < 4.78 is 11.0. The molecule has 2 aromatic rings. The molecule has 0 spiro atoms. The first kappa shape index (κ1) is 12.2. The van der Waals surface area contributed by atoms with Gasteiger partial charge in [-0.1, -0.05) is 28.1 Å². The predicted octanol–water partition coefficient (Wildman–Crippen LogP) is 4.47. The average Bonchev–Trinajstić information content (AvgIpc) is 2.76. The van der Waals surface area contributed by atoms with Crippen molar-refractivity contribution >= 4 is 15.9 Å². The predicted molar refractivity (Wildman–Crippen MR) is 71.8 cm³/mol. The number of alkyl halides is 1. The lowest BCUT2D eigenvalue weighted by atomic mass is 10.1. The third-order valence-electron chi connectivity index (χ3n) is 2.49. The van der Waals surface area contributed by atoms with Gasteiger partial charge in [0.1, 0.15) is 17.3 Å². The quantitative estimate of drug-likeness (QED) is 0.776. The van der Waals surface area contributed by atoms with Gasteiger partial charge in [-0.15, -0.1) is 0 Å². The van der Waals surface area contributed by atoms with Crippen LogP contribution in [0, 0.1) is 6.92 Å². The highest BCUT2D eigenvalue weighted by Gasteiger charge is 2.13. The maximum absolute atomic E-state index is 5.60. The summed E-state index contributed by atoms with van der Waals surface area (Å²) in [6.45, 7) is 4.61. The molecule has 0 fully saturated rings. The largest absolute Gasteiger partial charge is 0.494 e. The molecule has 1 heterocycles. The molecule has 1 unspecified atom stereocenters. The van der Waals surface area contributed by atoms with Gasteiger partial charge in [-0.2, -0.15) is 0 Å². The topological polar surface area (TPSA) is 22.4 Å². The van der Waals surface area contributed by atoms with E-state index in [1.807, 2.05) is 50.2 Å². The molecule has 0 N–H and O–H groups in total. The molecule has 90 valence electrons. The van der Waals surface area contributed by atoms with E-state index in [1.54, 1.807) is 0 Å². The van der Waals surface area contributed by atoms with Gasteiger partial charge in [-0.05, 0) is 43.7 Å². The molecule has 1 atom stereocenters. The van der Waals surface area contributed by atoms with Crippen molar-refractivity contribution in [3.8, 4) is 5.75 Å². The number of rotatable bonds is 4. The van der Waals surface area contributed by atoms with E-state index in [0.29, 0.717) is 6.61 Å². The van der Waals surface area contributed by atoms with Crippen LogP contribution in [0.4, 0.5) is 0 Å². The molecular weight excluding hydrogens is 280 g/mol. The summed E-state index contributed by atoms with van der Waals surface area (Å²) in [5.41, 5.74) is 1.16. The Morgan fingerprint density at radius 1 is 1.18 bits per heavy atom. The van der Waals surface area contributed by atoms with Gasteiger partial charge in [0.2, 0.25) is 0 Å². The van der Waals surface area contributed by atoms with Crippen LogP contribution < -0.4 is 4.74 Å². The van der Waals surface area contributed by atoms with Crippen LogP contribution in [0.3, 0.4) is 0 Å². The zero-order valence-electron chi connectivity index (χ0n) is 9.94. The molecule has 17 heavy (non-hydrogen) atoms. The Bertz CT molecular complexity index is 473. The van der Waals surface area contributed by atoms with Crippen LogP contribution in [-0.2, 0) is 0 Å². The summed E-state index contributed by atoms with van der Waals surface area (Å²) in [5, 5.41) is 0. The Morgan fingerprint density at radius 2 is 1.88 bits per heavy atom. The third kappa shape index (κ3) is 2.91. The van der Waals surface area contributed by atoms with E-state index >= 15 is 0 Å². The van der Waals surface area contributed by atoms with E-state index in [9.17, 15) is 0 Å². The van der Waals surface area contributed by atoms with Crippen LogP contribution >= 0.6 is 15.9 Å². The monoisotopic (exact) mass is 294 g/mol. The lowest BCUT2D eigenvalue weighted by Crippen LogP contribution is -1.93. The lowest BCUT2D eigenvalue weighted by molar-refractivity contribution is 0.340. The molecule has 0 saturated carbocycles. The Labute approximate surface area is 110 Å². The number of benzene rings is 1. The first-order valence-corrected chi connectivity index (χ1v) is 6.55. The first-order chi connectivity index (χ1) is 8.20. The molecule has 1 aromatic heterocycles. The minimum Gasteiger partial charge on any atom is -0.494 e. The molecule has 0 saturated heterocycles. The fraction of sp³-hybridized carbons (Fsp3) is 0.286. The van der Waals surface area contributed by atoms with Crippen LogP contribution in [-0.4, -0.2) is 6.61 Å². The number of hydrogen-bond acceptors (Lipinski definition) is 2. The van der Waals surface area contributed by atoms with Gasteiger partial charge in [0.15, 0.2) is 0 Å². The zero-order chi connectivity index (χ0) is 12.3. The molecule has 2 nitrogen and oxygen atoms in total. The number of aryl methyl sites for hydroxylation is 1.